The first-order chi connectivity index (χ1) is 8.72. The molecule has 0 spiro atoms. The second-order valence-electron chi connectivity index (χ2n) is 5.74. The van der Waals surface area contributed by atoms with Crippen LogP contribution in [0.5, 0.6) is 0 Å². The largest absolute Gasteiger partial charge is 0.465 e. The molecule has 0 aromatic rings. The third-order valence-corrected chi connectivity index (χ3v) is 2.84. The number of carbonyl (C=O) groups excluding carboxylic acids is 1. The van der Waals surface area contributed by atoms with E-state index in [1.165, 1.54) is 0 Å². The monoisotopic (exact) mass is 275 g/mol. The maximum absolute atomic E-state index is 11.1. The molecule has 0 saturated carbocycles. The summed E-state index contributed by atoms with van der Waals surface area (Å²) in [5.74, 6) is -0.221. The first kappa shape index (κ1) is 18.4. The lowest BCUT2D eigenvalue weighted by Gasteiger charge is -2.31. The number of hydrogen-bond donors (Lipinski definition) is 1. The number of rotatable bonds is 10. The van der Waals surface area contributed by atoms with Crippen LogP contribution in [0.1, 0.15) is 41.0 Å². The van der Waals surface area contributed by atoms with Gasteiger partial charge >= 0.3 is 5.97 Å². The highest BCUT2D eigenvalue weighted by Gasteiger charge is 2.24. The van der Waals surface area contributed by atoms with E-state index in [1.807, 2.05) is 27.7 Å². The van der Waals surface area contributed by atoms with E-state index in [9.17, 15) is 4.79 Å². The Balaban J connectivity index is 3.82. The van der Waals surface area contributed by atoms with Crippen LogP contribution in [0.15, 0.2) is 0 Å². The van der Waals surface area contributed by atoms with Crippen LogP contribution in [-0.4, -0.2) is 50.6 Å². The summed E-state index contributed by atoms with van der Waals surface area (Å²) < 4.78 is 16.0. The molecule has 0 saturated heterocycles. The van der Waals surface area contributed by atoms with Crippen LogP contribution in [0, 0.1) is 0 Å². The maximum atomic E-state index is 11.1. The SMILES string of the molecule is CCOC(=O)CNCCC(C)(C)OCC(C)(C)OC. The Morgan fingerprint density at radius 2 is 1.79 bits per heavy atom. The minimum absolute atomic E-state index is 0.221. The topological polar surface area (TPSA) is 56.8 Å². The van der Waals surface area contributed by atoms with Crippen LogP contribution >= 0.6 is 0 Å². The molecule has 0 bridgehead atoms. The van der Waals surface area contributed by atoms with E-state index in [2.05, 4.69) is 5.32 Å². The van der Waals surface area contributed by atoms with Gasteiger partial charge in [-0.15, -0.1) is 0 Å². The molecule has 114 valence electrons. The molecule has 0 heterocycles. The van der Waals surface area contributed by atoms with Gasteiger partial charge in [0.2, 0.25) is 0 Å². The summed E-state index contributed by atoms with van der Waals surface area (Å²) in [6.07, 6.45) is 0.812. The summed E-state index contributed by atoms with van der Waals surface area (Å²) in [6.45, 7) is 11.7. The number of nitrogens with one attached hydrogen (secondary N) is 1. The zero-order chi connectivity index (χ0) is 14.9. The van der Waals surface area contributed by atoms with Crippen molar-refractivity contribution >= 4 is 5.97 Å². The van der Waals surface area contributed by atoms with Gasteiger partial charge in [-0.05, 0) is 47.6 Å². The van der Waals surface area contributed by atoms with Crippen molar-refractivity contribution in [3.63, 3.8) is 0 Å². The molecule has 0 aliphatic rings. The molecule has 19 heavy (non-hydrogen) atoms. The number of hydrogen-bond acceptors (Lipinski definition) is 5. The Hall–Kier alpha value is -0.650. The zero-order valence-corrected chi connectivity index (χ0v) is 13.2. The van der Waals surface area contributed by atoms with E-state index in [4.69, 9.17) is 14.2 Å². The van der Waals surface area contributed by atoms with Gasteiger partial charge in [0.15, 0.2) is 0 Å². The second kappa shape index (κ2) is 8.51. The average Bonchev–Trinajstić information content (AvgIpc) is 2.33. The summed E-state index contributed by atoms with van der Waals surface area (Å²) in [5, 5.41) is 3.05. The van der Waals surface area contributed by atoms with Gasteiger partial charge in [0, 0.05) is 7.11 Å². The van der Waals surface area contributed by atoms with Crippen LogP contribution in [0.25, 0.3) is 0 Å². The lowest BCUT2D eigenvalue weighted by Crippen LogP contribution is -2.38. The minimum Gasteiger partial charge on any atom is -0.465 e. The molecule has 0 aliphatic carbocycles. The third kappa shape index (κ3) is 9.87. The Bertz CT molecular complexity index is 264. The molecule has 0 fully saturated rings. The van der Waals surface area contributed by atoms with Crippen molar-refractivity contribution in [1.29, 1.82) is 0 Å². The van der Waals surface area contributed by atoms with E-state index in [-0.39, 0.29) is 23.7 Å². The molecule has 0 aromatic heterocycles. The first-order valence-electron chi connectivity index (χ1n) is 6.78. The average molecular weight is 275 g/mol. The smallest absolute Gasteiger partial charge is 0.319 e. The number of esters is 1. The van der Waals surface area contributed by atoms with Gasteiger partial charge in [-0.1, -0.05) is 0 Å². The number of ether oxygens (including phenoxy) is 3. The van der Waals surface area contributed by atoms with Crippen molar-refractivity contribution in [2.75, 3.05) is 33.4 Å². The van der Waals surface area contributed by atoms with Crippen molar-refractivity contribution in [2.24, 2.45) is 0 Å². The predicted molar refractivity (Wildman–Crippen MR) is 75.2 cm³/mol. The van der Waals surface area contributed by atoms with E-state index in [0.717, 1.165) is 6.42 Å². The normalized spacial score (nSPS) is 12.5. The molecule has 5 nitrogen and oxygen atoms in total. The van der Waals surface area contributed by atoms with Crippen molar-refractivity contribution in [2.45, 2.75) is 52.2 Å². The molecule has 0 rings (SSSR count). The highest BCUT2D eigenvalue weighted by molar-refractivity contribution is 5.71. The van der Waals surface area contributed by atoms with E-state index >= 15 is 0 Å². The Morgan fingerprint density at radius 1 is 1.16 bits per heavy atom. The van der Waals surface area contributed by atoms with Gasteiger partial charge < -0.3 is 19.5 Å². The standard InChI is InChI=1S/C14H29NO4/c1-7-18-12(16)10-15-9-8-13(2,3)19-11-14(4,5)17-6/h15H,7-11H2,1-6H3. The van der Waals surface area contributed by atoms with Gasteiger partial charge in [0.25, 0.3) is 0 Å². The van der Waals surface area contributed by atoms with Crippen molar-refractivity contribution in [3.05, 3.63) is 0 Å². The van der Waals surface area contributed by atoms with Gasteiger partial charge in [-0.2, -0.15) is 0 Å². The van der Waals surface area contributed by atoms with Crippen molar-refractivity contribution < 1.29 is 19.0 Å². The molecule has 0 radical (unpaired) electrons. The third-order valence-electron chi connectivity index (χ3n) is 2.84. The van der Waals surface area contributed by atoms with Crippen molar-refractivity contribution in [3.8, 4) is 0 Å². The zero-order valence-electron chi connectivity index (χ0n) is 13.2. The summed E-state index contributed by atoms with van der Waals surface area (Å²) >= 11 is 0. The fourth-order valence-electron chi connectivity index (χ4n) is 1.29. The Morgan fingerprint density at radius 3 is 2.32 bits per heavy atom. The van der Waals surface area contributed by atoms with Gasteiger partial charge in [0.1, 0.15) is 0 Å². The molecule has 0 aromatic carbocycles. The molecule has 0 unspecified atom stereocenters. The molecule has 0 amide bonds. The first-order valence-corrected chi connectivity index (χ1v) is 6.78. The van der Waals surface area contributed by atoms with Crippen molar-refractivity contribution in [1.82, 2.24) is 5.32 Å². The van der Waals surface area contributed by atoms with Crippen LogP contribution in [-0.2, 0) is 19.0 Å². The fourth-order valence-corrected chi connectivity index (χ4v) is 1.29. The summed E-state index contributed by atoms with van der Waals surface area (Å²) in [7, 11) is 1.68. The van der Waals surface area contributed by atoms with E-state index in [0.29, 0.717) is 19.8 Å². The van der Waals surface area contributed by atoms with Crippen LogP contribution in [0.4, 0.5) is 0 Å². The summed E-state index contributed by atoms with van der Waals surface area (Å²) in [4.78, 5) is 11.1. The van der Waals surface area contributed by atoms with Crippen LogP contribution in [0.2, 0.25) is 0 Å². The maximum Gasteiger partial charge on any atom is 0.319 e. The number of carbonyl (C=O) groups is 1. The van der Waals surface area contributed by atoms with Crippen LogP contribution < -0.4 is 5.32 Å². The number of methoxy groups -OCH3 is 1. The van der Waals surface area contributed by atoms with E-state index < -0.39 is 0 Å². The highest BCUT2D eigenvalue weighted by atomic mass is 16.5. The quantitative estimate of drug-likeness (QED) is 0.486. The van der Waals surface area contributed by atoms with Gasteiger partial charge in [0.05, 0.1) is 31.0 Å². The predicted octanol–water partition coefficient (Wildman–Crippen LogP) is 1.75. The van der Waals surface area contributed by atoms with Crippen LogP contribution in [0.3, 0.4) is 0 Å². The Labute approximate surface area is 117 Å². The lowest BCUT2D eigenvalue weighted by molar-refractivity contribution is -0.142. The summed E-state index contributed by atoms with van der Waals surface area (Å²) in [5.41, 5.74) is -0.535. The molecule has 0 aliphatic heterocycles. The lowest BCUT2D eigenvalue weighted by atomic mass is 10.0. The van der Waals surface area contributed by atoms with Gasteiger partial charge in [-0.25, -0.2) is 0 Å². The Kier molecular flexibility index (Phi) is 8.22. The second-order valence-corrected chi connectivity index (χ2v) is 5.74. The molecule has 1 N–H and O–H groups in total. The molecule has 5 heteroatoms. The fraction of sp³-hybridized carbons (Fsp3) is 0.929. The molecular weight excluding hydrogens is 246 g/mol. The van der Waals surface area contributed by atoms with E-state index in [1.54, 1.807) is 14.0 Å². The van der Waals surface area contributed by atoms with Gasteiger partial charge in [-0.3, -0.25) is 4.79 Å². The molecule has 0 atom stereocenters. The molecular formula is C14H29NO4. The minimum atomic E-state index is -0.282. The summed E-state index contributed by atoms with van der Waals surface area (Å²) in [6, 6.07) is 0. The highest BCUT2D eigenvalue weighted by Crippen LogP contribution is 2.18.